The average molecular weight is 329 g/mol. The Labute approximate surface area is 136 Å². The number of likely N-dealkylation sites (tertiary alicyclic amines) is 1. The molecule has 3 atom stereocenters. The average Bonchev–Trinajstić information content (AvgIpc) is 2.87. The van der Waals surface area contributed by atoms with E-state index in [2.05, 4.69) is 10.6 Å². The minimum absolute atomic E-state index is 0.000777. The fraction of sp³-hybridized carbons (Fsp3) is 0.867. The third-order valence-electron chi connectivity index (χ3n) is 4.45. The fourth-order valence-electron chi connectivity index (χ4n) is 3.07. The Hall–Kier alpha value is -1.22. The maximum absolute atomic E-state index is 11.4. The van der Waals surface area contributed by atoms with Gasteiger partial charge in [-0.15, -0.1) is 0 Å². The van der Waals surface area contributed by atoms with Gasteiger partial charge in [0.05, 0.1) is 18.8 Å². The molecule has 2 rings (SSSR count). The van der Waals surface area contributed by atoms with Crippen LogP contribution in [0.4, 0.5) is 0 Å². The molecule has 2 saturated heterocycles. The molecule has 0 aromatic carbocycles. The largest absolute Gasteiger partial charge is 0.389 e. The molecular weight excluding hydrogens is 302 g/mol. The van der Waals surface area contributed by atoms with E-state index in [1.807, 2.05) is 4.90 Å². The van der Waals surface area contributed by atoms with Gasteiger partial charge in [0.15, 0.2) is 0 Å². The molecule has 0 radical (unpaired) electrons. The van der Waals surface area contributed by atoms with Crippen molar-refractivity contribution >= 4 is 11.8 Å². The zero-order valence-corrected chi connectivity index (χ0v) is 13.8. The number of nitrogens with one attached hydrogen (secondary N) is 2. The zero-order valence-electron chi connectivity index (χ0n) is 13.8. The van der Waals surface area contributed by atoms with E-state index in [9.17, 15) is 14.7 Å². The lowest BCUT2D eigenvalue weighted by Crippen LogP contribution is -2.52. The third kappa shape index (κ3) is 5.13. The number of hydrogen-bond donors (Lipinski definition) is 3. The van der Waals surface area contributed by atoms with Gasteiger partial charge in [0.2, 0.25) is 11.8 Å². The van der Waals surface area contributed by atoms with Crippen molar-refractivity contribution < 1.29 is 24.2 Å². The van der Waals surface area contributed by atoms with E-state index in [0.29, 0.717) is 6.61 Å². The van der Waals surface area contributed by atoms with Crippen LogP contribution in [0.1, 0.15) is 19.8 Å². The Bertz CT molecular complexity index is 412. The highest BCUT2D eigenvalue weighted by Crippen LogP contribution is 2.17. The van der Waals surface area contributed by atoms with Gasteiger partial charge in [0.25, 0.3) is 0 Å². The summed E-state index contributed by atoms with van der Waals surface area (Å²) in [4.78, 5) is 24.5. The molecule has 132 valence electrons. The standard InChI is InChI=1S/C15H27N3O5/c1-10(19)18-5-3-11(4-6-18)17-12-8-23-13(15(12)21)7-16-14(20)9-22-2/h11-13,15,17,21H,3-9H2,1-2H3,(H,16,20). The van der Waals surface area contributed by atoms with Gasteiger partial charge in [-0.2, -0.15) is 0 Å². The minimum atomic E-state index is -0.663. The number of amides is 2. The van der Waals surface area contributed by atoms with Crippen LogP contribution in [0, 0.1) is 0 Å². The lowest BCUT2D eigenvalue weighted by Gasteiger charge is -2.33. The van der Waals surface area contributed by atoms with Gasteiger partial charge in [-0.05, 0) is 12.8 Å². The first kappa shape index (κ1) is 18.1. The predicted octanol–water partition coefficient (Wildman–Crippen LogP) is -1.52. The molecule has 0 saturated carbocycles. The van der Waals surface area contributed by atoms with Gasteiger partial charge in [0.1, 0.15) is 12.7 Å². The molecule has 23 heavy (non-hydrogen) atoms. The van der Waals surface area contributed by atoms with E-state index in [4.69, 9.17) is 9.47 Å². The van der Waals surface area contributed by atoms with Crippen molar-refractivity contribution in [3.05, 3.63) is 0 Å². The molecule has 8 heteroatoms. The summed E-state index contributed by atoms with van der Waals surface area (Å²) < 4.78 is 10.3. The first-order valence-electron chi connectivity index (χ1n) is 8.08. The highest BCUT2D eigenvalue weighted by atomic mass is 16.5. The highest BCUT2D eigenvalue weighted by Gasteiger charge is 2.37. The van der Waals surface area contributed by atoms with Crippen LogP contribution < -0.4 is 10.6 Å². The third-order valence-corrected chi connectivity index (χ3v) is 4.45. The first-order valence-corrected chi connectivity index (χ1v) is 8.08. The number of nitrogens with zero attached hydrogens (tertiary/aromatic N) is 1. The second-order valence-corrected chi connectivity index (χ2v) is 6.15. The Kier molecular flexibility index (Phi) is 6.76. The highest BCUT2D eigenvalue weighted by molar-refractivity contribution is 5.77. The number of carbonyl (C=O) groups is 2. The first-order chi connectivity index (χ1) is 11.0. The summed E-state index contributed by atoms with van der Waals surface area (Å²) in [6, 6.07) is 0.129. The molecule has 8 nitrogen and oxygen atoms in total. The van der Waals surface area contributed by atoms with E-state index >= 15 is 0 Å². The van der Waals surface area contributed by atoms with Crippen LogP contribution >= 0.6 is 0 Å². The number of hydrogen-bond acceptors (Lipinski definition) is 6. The number of piperidine rings is 1. The van der Waals surface area contributed by atoms with Crippen molar-refractivity contribution in [2.75, 3.05) is 40.0 Å². The van der Waals surface area contributed by atoms with Crippen LogP contribution in [-0.4, -0.2) is 86.1 Å². The van der Waals surface area contributed by atoms with E-state index in [0.717, 1.165) is 25.9 Å². The molecule has 0 bridgehead atoms. The summed E-state index contributed by atoms with van der Waals surface area (Å²) in [5.41, 5.74) is 0. The molecule has 2 aliphatic rings. The Morgan fingerprint density at radius 2 is 2.04 bits per heavy atom. The van der Waals surface area contributed by atoms with Crippen LogP contribution in [0.15, 0.2) is 0 Å². The molecule has 0 aromatic heterocycles. The minimum Gasteiger partial charge on any atom is -0.389 e. The van der Waals surface area contributed by atoms with Crippen LogP contribution in [0.3, 0.4) is 0 Å². The summed E-state index contributed by atoms with van der Waals surface area (Å²) in [5.74, 6) is -0.115. The van der Waals surface area contributed by atoms with Gasteiger partial charge in [-0.25, -0.2) is 0 Å². The summed E-state index contributed by atoms with van der Waals surface area (Å²) in [6.07, 6.45) is 0.671. The fourth-order valence-corrected chi connectivity index (χ4v) is 3.07. The van der Waals surface area contributed by atoms with Crippen molar-refractivity contribution in [1.82, 2.24) is 15.5 Å². The van der Waals surface area contributed by atoms with Crippen molar-refractivity contribution in [3.8, 4) is 0 Å². The molecule has 2 aliphatic heterocycles. The lowest BCUT2D eigenvalue weighted by molar-refractivity contribution is -0.130. The quantitative estimate of drug-likeness (QED) is 0.547. The Balaban J connectivity index is 1.71. The molecule has 2 fully saturated rings. The maximum Gasteiger partial charge on any atom is 0.246 e. The van der Waals surface area contributed by atoms with Crippen LogP contribution in [0.25, 0.3) is 0 Å². The monoisotopic (exact) mass is 329 g/mol. The number of carbonyl (C=O) groups excluding carboxylic acids is 2. The number of methoxy groups -OCH3 is 1. The molecular formula is C15H27N3O5. The smallest absolute Gasteiger partial charge is 0.246 e. The van der Waals surface area contributed by atoms with Crippen molar-refractivity contribution in [3.63, 3.8) is 0 Å². The number of aliphatic hydroxyl groups is 1. The van der Waals surface area contributed by atoms with Gasteiger partial charge in [-0.3, -0.25) is 9.59 Å². The molecule has 2 amide bonds. The Morgan fingerprint density at radius 1 is 1.35 bits per heavy atom. The van der Waals surface area contributed by atoms with E-state index in [1.54, 1.807) is 6.92 Å². The molecule has 2 heterocycles. The number of rotatable bonds is 6. The second kappa shape index (κ2) is 8.58. The zero-order chi connectivity index (χ0) is 16.8. The second-order valence-electron chi connectivity index (χ2n) is 6.15. The SMILES string of the molecule is COCC(=O)NCC1OCC(NC2CCN(C(C)=O)CC2)C1O. The van der Waals surface area contributed by atoms with Crippen molar-refractivity contribution in [2.45, 2.75) is 44.1 Å². The van der Waals surface area contributed by atoms with E-state index in [-0.39, 0.29) is 37.0 Å². The summed E-state index contributed by atoms with van der Waals surface area (Å²) in [6.45, 7) is 3.76. The van der Waals surface area contributed by atoms with Gasteiger partial charge >= 0.3 is 0 Å². The maximum atomic E-state index is 11.4. The lowest BCUT2D eigenvalue weighted by atomic mass is 10.0. The summed E-state index contributed by atoms with van der Waals surface area (Å²) in [5, 5.41) is 16.4. The number of aliphatic hydroxyl groups excluding tert-OH is 1. The summed E-state index contributed by atoms with van der Waals surface area (Å²) >= 11 is 0. The van der Waals surface area contributed by atoms with Crippen LogP contribution in [0.2, 0.25) is 0 Å². The topological polar surface area (TPSA) is 100 Å². The molecule has 0 spiro atoms. The van der Waals surface area contributed by atoms with Crippen molar-refractivity contribution in [2.24, 2.45) is 0 Å². The van der Waals surface area contributed by atoms with Crippen molar-refractivity contribution in [1.29, 1.82) is 0 Å². The van der Waals surface area contributed by atoms with E-state index in [1.165, 1.54) is 7.11 Å². The summed E-state index contributed by atoms with van der Waals surface area (Å²) in [7, 11) is 1.46. The van der Waals surface area contributed by atoms with Gasteiger partial charge in [0, 0.05) is 39.7 Å². The number of ether oxygens (including phenoxy) is 2. The molecule has 3 unspecified atom stereocenters. The molecule has 0 aromatic rings. The van der Waals surface area contributed by atoms with E-state index < -0.39 is 12.2 Å². The van der Waals surface area contributed by atoms with Gasteiger partial charge < -0.3 is 30.1 Å². The Morgan fingerprint density at radius 3 is 2.65 bits per heavy atom. The van der Waals surface area contributed by atoms with Crippen LogP contribution in [-0.2, 0) is 19.1 Å². The molecule has 0 aliphatic carbocycles. The normalized spacial score (nSPS) is 28.8. The molecule has 3 N–H and O–H groups in total. The van der Waals surface area contributed by atoms with Gasteiger partial charge in [-0.1, -0.05) is 0 Å². The predicted molar refractivity (Wildman–Crippen MR) is 82.8 cm³/mol. The van der Waals surface area contributed by atoms with Crippen LogP contribution in [0.5, 0.6) is 0 Å².